The van der Waals surface area contributed by atoms with Crippen LogP contribution >= 0.6 is 0 Å². The molecule has 4 unspecified atom stereocenters. The van der Waals surface area contributed by atoms with E-state index in [9.17, 15) is 32.4 Å². The molecule has 0 aromatic rings. The van der Waals surface area contributed by atoms with E-state index in [1.165, 1.54) is 4.90 Å². The van der Waals surface area contributed by atoms with Crippen LogP contribution in [0.5, 0.6) is 0 Å². The Morgan fingerprint density at radius 3 is 2.57 bits per heavy atom. The molecule has 0 bridgehead atoms. The number of carbonyl (C=O) groups is 5. The Kier molecular flexibility index (Phi) is 11.1. The van der Waals surface area contributed by atoms with Gasteiger partial charge in [0.2, 0.25) is 21.8 Å². The van der Waals surface area contributed by atoms with Crippen molar-refractivity contribution in [2.75, 3.05) is 19.8 Å². The third-order valence-corrected chi connectivity index (χ3v) is 10.4. The van der Waals surface area contributed by atoms with Crippen molar-refractivity contribution in [1.29, 1.82) is 0 Å². The number of carbonyl (C=O) groups excluding carboxylic acids is 5. The molecule has 15 heteroatoms. The summed E-state index contributed by atoms with van der Waals surface area (Å²) >= 11 is 0. The number of nitrogens with one attached hydrogen (secondary N) is 3. The average Bonchev–Trinajstić information content (AvgIpc) is 3.87. The number of alkyl carbamates (subject to hydrolysis) is 1. The molecule has 4 aliphatic rings. The first-order chi connectivity index (χ1) is 21.6. The molecule has 2 aliphatic heterocycles. The maximum atomic E-state index is 14.1. The van der Waals surface area contributed by atoms with E-state index in [0.29, 0.717) is 25.7 Å². The standard InChI is InChI=1S/C31H48N4O10S/c1-6-9-19(2)27(38)44-21-16-24-25(36)33-31(28(39)34-46(41,42)22-12-13-22)17-20(31)10-7-14-43-15-8-11-23(26(37)35(24)18-21)32-29(40)45-30(3,4)5/h7,10,19-24H,6,8-9,11-18H2,1-5H3,(H,32,40)(H,33,36)(H,34,39)/b10-7-/t19?,20?,21-,23-,24?,31?/m1/s1. The van der Waals surface area contributed by atoms with Gasteiger partial charge in [-0.3, -0.25) is 23.9 Å². The summed E-state index contributed by atoms with van der Waals surface area (Å²) in [6.07, 6.45) is 4.78. The second kappa shape index (κ2) is 14.3. The Morgan fingerprint density at radius 2 is 1.91 bits per heavy atom. The van der Waals surface area contributed by atoms with Crippen LogP contribution in [0, 0.1) is 11.8 Å². The number of hydrogen-bond donors (Lipinski definition) is 3. The summed E-state index contributed by atoms with van der Waals surface area (Å²) in [5, 5.41) is 4.74. The van der Waals surface area contributed by atoms with E-state index in [1.54, 1.807) is 39.8 Å². The van der Waals surface area contributed by atoms with E-state index in [4.69, 9.17) is 14.2 Å². The minimum absolute atomic E-state index is 0.0387. The van der Waals surface area contributed by atoms with E-state index in [-0.39, 0.29) is 44.9 Å². The zero-order valence-corrected chi connectivity index (χ0v) is 28.2. The van der Waals surface area contributed by atoms with Gasteiger partial charge in [-0.2, -0.15) is 0 Å². The molecule has 3 fully saturated rings. The number of amides is 4. The second-order valence-corrected chi connectivity index (χ2v) is 15.7. The predicted octanol–water partition coefficient (Wildman–Crippen LogP) is 1.68. The third-order valence-electron chi connectivity index (χ3n) is 8.57. The molecular weight excluding hydrogens is 620 g/mol. The minimum atomic E-state index is -3.90. The molecule has 0 radical (unpaired) electrons. The van der Waals surface area contributed by atoms with Gasteiger partial charge >= 0.3 is 12.1 Å². The molecule has 258 valence electrons. The zero-order chi connectivity index (χ0) is 33.9. The summed E-state index contributed by atoms with van der Waals surface area (Å²) in [6.45, 7) is 9.12. The van der Waals surface area contributed by atoms with Crippen LogP contribution in [-0.2, 0) is 43.4 Å². The topological polar surface area (TPSA) is 187 Å². The van der Waals surface area contributed by atoms with Gasteiger partial charge in [0, 0.05) is 18.9 Å². The molecule has 2 heterocycles. The van der Waals surface area contributed by atoms with Gasteiger partial charge < -0.3 is 29.7 Å². The molecule has 0 aromatic heterocycles. The van der Waals surface area contributed by atoms with E-state index >= 15 is 0 Å². The maximum Gasteiger partial charge on any atom is 0.408 e. The number of rotatable bonds is 8. The molecule has 0 spiro atoms. The second-order valence-electron chi connectivity index (χ2n) is 13.8. The lowest BCUT2D eigenvalue weighted by Gasteiger charge is -2.30. The molecule has 1 saturated heterocycles. The molecule has 46 heavy (non-hydrogen) atoms. The summed E-state index contributed by atoms with van der Waals surface area (Å²) in [7, 11) is -3.90. The zero-order valence-electron chi connectivity index (χ0n) is 27.3. The van der Waals surface area contributed by atoms with E-state index in [0.717, 1.165) is 6.42 Å². The van der Waals surface area contributed by atoms with Crippen molar-refractivity contribution < 1.29 is 46.6 Å². The quantitative estimate of drug-likeness (QED) is 0.254. The van der Waals surface area contributed by atoms with Crippen molar-refractivity contribution in [2.45, 2.75) is 121 Å². The van der Waals surface area contributed by atoms with E-state index in [1.807, 2.05) is 6.92 Å². The van der Waals surface area contributed by atoms with Gasteiger partial charge in [0.25, 0.3) is 5.91 Å². The van der Waals surface area contributed by atoms with Crippen LogP contribution in [0.2, 0.25) is 0 Å². The van der Waals surface area contributed by atoms with Crippen LogP contribution in [0.4, 0.5) is 4.79 Å². The molecule has 14 nitrogen and oxygen atoms in total. The van der Waals surface area contributed by atoms with Crippen LogP contribution in [-0.4, -0.2) is 97.4 Å². The summed E-state index contributed by atoms with van der Waals surface area (Å²) < 4.78 is 44.2. The van der Waals surface area contributed by atoms with Gasteiger partial charge in [-0.15, -0.1) is 0 Å². The number of fused-ring (bicyclic) bond motifs is 2. The maximum absolute atomic E-state index is 14.1. The fraction of sp³-hybridized carbons (Fsp3) is 0.774. The van der Waals surface area contributed by atoms with Crippen molar-refractivity contribution in [3.8, 4) is 0 Å². The summed E-state index contributed by atoms with van der Waals surface area (Å²) in [5.74, 6) is -3.45. The van der Waals surface area contributed by atoms with E-state index < -0.39 is 80.3 Å². The van der Waals surface area contributed by atoms with Crippen LogP contribution in [0.15, 0.2) is 12.2 Å². The Hall–Kier alpha value is -3.20. The van der Waals surface area contributed by atoms with Gasteiger partial charge in [0.15, 0.2) is 0 Å². The van der Waals surface area contributed by atoms with Crippen LogP contribution in [0.25, 0.3) is 0 Å². The molecule has 3 N–H and O–H groups in total. The number of esters is 1. The van der Waals surface area contributed by atoms with Crippen LogP contribution < -0.4 is 15.4 Å². The Balaban J connectivity index is 1.62. The largest absolute Gasteiger partial charge is 0.460 e. The van der Waals surface area contributed by atoms with Gasteiger partial charge in [0.05, 0.1) is 24.3 Å². The summed E-state index contributed by atoms with van der Waals surface area (Å²) in [6, 6.07) is -2.25. The first-order valence-electron chi connectivity index (χ1n) is 16.2. The van der Waals surface area contributed by atoms with Crippen molar-refractivity contribution in [1.82, 2.24) is 20.3 Å². The first kappa shape index (κ1) is 35.7. The fourth-order valence-corrected chi connectivity index (χ4v) is 7.21. The number of nitrogens with zero attached hydrogens (tertiary/aromatic N) is 1. The number of sulfonamides is 1. The normalized spacial score (nSPS) is 30.3. The lowest BCUT2D eigenvalue weighted by Crippen LogP contribution is -2.58. The SMILES string of the molecule is CCCC(C)C(=O)O[C@@H]1CC2C(=O)NC3(C(=O)NS(=O)(=O)C4CC4)CC3/C=C\COCCC[C@@H](NC(=O)OC(C)(C)C)C(=O)N2C1. The van der Waals surface area contributed by atoms with Gasteiger partial charge in [-0.25, -0.2) is 13.2 Å². The van der Waals surface area contributed by atoms with Crippen LogP contribution in [0.1, 0.15) is 86.0 Å². The monoisotopic (exact) mass is 668 g/mol. The first-order valence-corrected chi connectivity index (χ1v) is 17.7. The lowest BCUT2D eigenvalue weighted by molar-refractivity contribution is -0.153. The highest BCUT2D eigenvalue weighted by Crippen LogP contribution is 2.46. The Labute approximate surface area is 270 Å². The van der Waals surface area contributed by atoms with Crippen molar-refractivity contribution >= 4 is 39.8 Å². The van der Waals surface area contributed by atoms with E-state index in [2.05, 4.69) is 15.4 Å². The Bertz CT molecular complexity index is 1320. The molecule has 4 amide bonds. The van der Waals surface area contributed by atoms with Crippen molar-refractivity contribution in [3.05, 3.63) is 12.2 Å². The van der Waals surface area contributed by atoms with Gasteiger partial charge in [-0.1, -0.05) is 32.4 Å². The minimum Gasteiger partial charge on any atom is -0.460 e. The smallest absolute Gasteiger partial charge is 0.408 e. The number of ether oxygens (including phenoxy) is 3. The molecular formula is C31H48N4O10S. The molecule has 0 aromatic carbocycles. The summed E-state index contributed by atoms with van der Waals surface area (Å²) in [4.78, 5) is 68.3. The highest BCUT2D eigenvalue weighted by Gasteiger charge is 2.62. The third kappa shape index (κ3) is 8.99. The molecule has 2 aliphatic carbocycles. The fourth-order valence-electron chi connectivity index (χ4n) is 5.84. The Morgan fingerprint density at radius 1 is 1.20 bits per heavy atom. The van der Waals surface area contributed by atoms with Crippen LogP contribution in [0.3, 0.4) is 0 Å². The lowest BCUT2D eigenvalue weighted by atomic mass is 10.1. The van der Waals surface area contributed by atoms with Gasteiger partial charge in [0.1, 0.15) is 29.3 Å². The van der Waals surface area contributed by atoms with Crippen molar-refractivity contribution in [2.24, 2.45) is 11.8 Å². The average molecular weight is 669 g/mol. The van der Waals surface area contributed by atoms with Crippen molar-refractivity contribution in [3.63, 3.8) is 0 Å². The summed E-state index contributed by atoms with van der Waals surface area (Å²) in [5.41, 5.74) is -2.38. The number of hydrogen-bond acceptors (Lipinski definition) is 10. The predicted molar refractivity (Wildman–Crippen MR) is 165 cm³/mol. The highest BCUT2D eigenvalue weighted by atomic mass is 32.2. The molecule has 2 saturated carbocycles. The van der Waals surface area contributed by atoms with Gasteiger partial charge in [-0.05, 0) is 59.3 Å². The molecule has 6 atom stereocenters. The molecule has 4 rings (SSSR count). The highest BCUT2D eigenvalue weighted by molar-refractivity contribution is 7.91.